The molecular formula is C19H14ClN3O2S. The van der Waals surface area contributed by atoms with E-state index in [1.54, 1.807) is 24.4 Å². The van der Waals surface area contributed by atoms with Crippen LogP contribution in [0.15, 0.2) is 53.5 Å². The fourth-order valence-electron chi connectivity index (χ4n) is 2.79. The number of hydrogen-bond acceptors (Lipinski definition) is 4. The molecule has 0 aliphatic heterocycles. The summed E-state index contributed by atoms with van der Waals surface area (Å²) in [4.78, 5) is 30.7. The molecule has 0 bridgehead atoms. The lowest BCUT2D eigenvalue weighted by Gasteiger charge is -2.03. The number of rotatable bonds is 3. The number of amides is 1. The SMILES string of the molecule is Cc1cccn2c(=O)c3cc(C(=O)NCc4cccc(Cl)c4)sc3nc12. The van der Waals surface area contributed by atoms with Gasteiger partial charge in [-0.3, -0.25) is 14.0 Å². The van der Waals surface area contributed by atoms with Crippen LogP contribution in [0.5, 0.6) is 0 Å². The Hall–Kier alpha value is -2.70. The van der Waals surface area contributed by atoms with Gasteiger partial charge in [0.05, 0.1) is 10.3 Å². The van der Waals surface area contributed by atoms with Crippen LogP contribution in [0.3, 0.4) is 0 Å². The van der Waals surface area contributed by atoms with Crippen LogP contribution in [0.25, 0.3) is 15.9 Å². The molecule has 0 radical (unpaired) electrons. The minimum atomic E-state index is -0.238. The topological polar surface area (TPSA) is 63.5 Å². The molecule has 1 aromatic carbocycles. The Morgan fingerprint density at radius 3 is 2.92 bits per heavy atom. The lowest BCUT2D eigenvalue weighted by Crippen LogP contribution is -2.21. The Balaban J connectivity index is 1.67. The van der Waals surface area contributed by atoms with E-state index < -0.39 is 0 Å². The number of aromatic nitrogens is 2. The summed E-state index contributed by atoms with van der Waals surface area (Å²) >= 11 is 7.17. The van der Waals surface area contributed by atoms with E-state index in [9.17, 15) is 9.59 Å². The lowest BCUT2D eigenvalue weighted by molar-refractivity contribution is 0.0955. The molecule has 0 spiro atoms. The van der Waals surface area contributed by atoms with E-state index in [-0.39, 0.29) is 11.5 Å². The summed E-state index contributed by atoms with van der Waals surface area (Å²) in [6, 6.07) is 12.6. The van der Waals surface area contributed by atoms with Crippen LogP contribution < -0.4 is 10.9 Å². The van der Waals surface area contributed by atoms with Gasteiger partial charge in [-0.25, -0.2) is 4.98 Å². The zero-order valence-electron chi connectivity index (χ0n) is 13.8. The molecule has 0 fully saturated rings. The molecule has 130 valence electrons. The second-order valence-corrected chi connectivity index (χ2v) is 7.41. The average Bonchev–Trinajstić information content (AvgIpc) is 3.06. The van der Waals surface area contributed by atoms with Crippen molar-refractivity contribution in [3.05, 3.63) is 80.0 Å². The van der Waals surface area contributed by atoms with Crippen molar-refractivity contribution in [2.24, 2.45) is 0 Å². The third kappa shape index (κ3) is 2.98. The first kappa shape index (κ1) is 16.8. The summed E-state index contributed by atoms with van der Waals surface area (Å²) in [6.07, 6.45) is 1.69. The molecule has 1 N–H and O–H groups in total. The number of nitrogens with one attached hydrogen (secondary N) is 1. The van der Waals surface area contributed by atoms with Crippen LogP contribution >= 0.6 is 22.9 Å². The van der Waals surface area contributed by atoms with Crippen molar-refractivity contribution in [2.45, 2.75) is 13.5 Å². The Kier molecular flexibility index (Phi) is 4.22. The van der Waals surface area contributed by atoms with Crippen molar-refractivity contribution in [3.63, 3.8) is 0 Å². The lowest BCUT2D eigenvalue weighted by atomic mass is 10.2. The Morgan fingerprint density at radius 1 is 1.27 bits per heavy atom. The number of benzene rings is 1. The van der Waals surface area contributed by atoms with Gasteiger partial charge >= 0.3 is 0 Å². The number of fused-ring (bicyclic) bond motifs is 2. The molecule has 1 amide bonds. The van der Waals surface area contributed by atoms with Crippen LogP contribution in [0.1, 0.15) is 20.8 Å². The minimum Gasteiger partial charge on any atom is -0.347 e. The van der Waals surface area contributed by atoms with Gasteiger partial charge in [-0.15, -0.1) is 11.3 Å². The highest BCUT2D eigenvalue weighted by Gasteiger charge is 2.15. The molecule has 5 nitrogen and oxygen atoms in total. The highest BCUT2D eigenvalue weighted by atomic mass is 35.5. The zero-order valence-corrected chi connectivity index (χ0v) is 15.4. The number of nitrogens with zero attached hydrogens (tertiary/aromatic N) is 2. The Morgan fingerprint density at radius 2 is 2.12 bits per heavy atom. The predicted molar refractivity (Wildman–Crippen MR) is 104 cm³/mol. The quantitative estimate of drug-likeness (QED) is 0.585. The Labute approximate surface area is 157 Å². The molecule has 0 saturated heterocycles. The van der Waals surface area contributed by atoms with Crippen molar-refractivity contribution < 1.29 is 4.79 Å². The van der Waals surface area contributed by atoms with Crippen LogP contribution in [0, 0.1) is 6.92 Å². The molecular weight excluding hydrogens is 370 g/mol. The molecule has 3 aromatic heterocycles. The maximum atomic E-state index is 12.7. The smallest absolute Gasteiger partial charge is 0.266 e. The fraction of sp³-hybridized carbons (Fsp3) is 0.105. The number of carbonyl (C=O) groups excluding carboxylic acids is 1. The van der Waals surface area contributed by atoms with E-state index in [0.29, 0.717) is 32.3 Å². The van der Waals surface area contributed by atoms with Gasteiger partial charge in [0.25, 0.3) is 11.5 Å². The second-order valence-electron chi connectivity index (χ2n) is 5.94. The van der Waals surface area contributed by atoms with Crippen LogP contribution in [-0.4, -0.2) is 15.3 Å². The number of hydrogen-bond donors (Lipinski definition) is 1. The summed E-state index contributed by atoms with van der Waals surface area (Å²) in [6.45, 7) is 2.26. The van der Waals surface area contributed by atoms with E-state index in [1.807, 2.05) is 31.2 Å². The predicted octanol–water partition coefficient (Wildman–Crippen LogP) is 3.80. The van der Waals surface area contributed by atoms with Crippen molar-refractivity contribution in [2.75, 3.05) is 0 Å². The standard InChI is InChI=1S/C19H14ClN3O2S/c1-11-4-3-7-23-16(11)22-18-14(19(23)25)9-15(26-18)17(24)21-10-12-5-2-6-13(20)8-12/h2-9H,10H2,1H3,(H,21,24). The first-order valence-corrected chi connectivity index (χ1v) is 9.16. The van der Waals surface area contributed by atoms with Gasteiger partial charge in [0, 0.05) is 17.8 Å². The Bertz CT molecular complexity index is 1210. The van der Waals surface area contributed by atoms with Gasteiger partial charge in [0.1, 0.15) is 10.5 Å². The monoisotopic (exact) mass is 383 g/mol. The third-order valence-electron chi connectivity index (χ3n) is 4.10. The van der Waals surface area contributed by atoms with Crippen LogP contribution in [-0.2, 0) is 6.54 Å². The van der Waals surface area contributed by atoms with Gasteiger partial charge in [-0.1, -0.05) is 29.8 Å². The first-order valence-electron chi connectivity index (χ1n) is 7.97. The third-order valence-corrected chi connectivity index (χ3v) is 5.36. The molecule has 7 heteroatoms. The number of thiophene rings is 1. The summed E-state index contributed by atoms with van der Waals surface area (Å²) in [5.41, 5.74) is 2.26. The number of pyridine rings is 1. The fourth-order valence-corrected chi connectivity index (χ4v) is 3.94. The number of carbonyl (C=O) groups is 1. The molecule has 0 aliphatic carbocycles. The summed E-state index contributed by atoms with van der Waals surface area (Å²) in [5, 5.41) is 3.93. The van der Waals surface area contributed by atoms with Gasteiger partial charge < -0.3 is 5.32 Å². The van der Waals surface area contributed by atoms with Crippen molar-refractivity contribution >= 4 is 44.7 Å². The zero-order chi connectivity index (χ0) is 18.3. The van der Waals surface area contributed by atoms with Gasteiger partial charge in [0.2, 0.25) is 0 Å². The number of halogens is 1. The first-order chi connectivity index (χ1) is 12.5. The van der Waals surface area contributed by atoms with Gasteiger partial charge in [-0.2, -0.15) is 0 Å². The second kappa shape index (κ2) is 6.55. The molecule has 0 unspecified atom stereocenters. The minimum absolute atomic E-state index is 0.168. The van der Waals surface area contributed by atoms with Crippen molar-refractivity contribution in [1.82, 2.24) is 14.7 Å². The highest BCUT2D eigenvalue weighted by Crippen LogP contribution is 2.23. The number of aryl methyl sites for hydroxylation is 1. The van der Waals surface area contributed by atoms with Gasteiger partial charge in [0.15, 0.2) is 0 Å². The normalized spacial score (nSPS) is 11.2. The van der Waals surface area contributed by atoms with Crippen molar-refractivity contribution in [1.29, 1.82) is 0 Å². The molecule has 4 rings (SSSR count). The highest BCUT2D eigenvalue weighted by molar-refractivity contribution is 7.20. The van der Waals surface area contributed by atoms with E-state index in [1.165, 1.54) is 15.7 Å². The van der Waals surface area contributed by atoms with Crippen LogP contribution in [0.2, 0.25) is 5.02 Å². The maximum Gasteiger partial charge on any atom is 0.266 e. The van der Waals surface area contributed by atoms with E-state index in [2.05, 4.69) is 10.3 Å². The summed E-state index contributed by atoms with van der Waals surface area (Å²) in [5.74, 6) is -0.238. The van der Waals surface area contributed by atoms with E-state index in [0.717, 1.165) is 11.1 Å². The van der Waals surface area contributed by atoms with Gasteiger partial charge in [-0.05, 0) is 42.3 Å². The van der Waals surface area contributed by atoms with E-state index >= 15 is 0 Å². The van der Waals surface area contributed by atoms with E-state index in [4.69, 9.17) is 11.6 Å². The van der Waals surface area contributed by atoms with Crippen molar-refractivity contribution in [3.8, 4) is 0 Å². The maximum absolute atomic E-state index is 12.7. The largest absolute Gasteiger partial charge is 0.347 e. The molecule has 0 saturated carbocycles. The average molecular weight is 384 g/mol. The molecule has 0 aliphatic rings. The summed E-state index contributed by atoms with van der Waals surface area (Å²) < 4.78 is 1.51. The molecule has 4 aromatic rings. The summed E-state index contributed by atoms with van der Waals surface area (Å²) in [7, 11) is 0. The molecule has 26 heavy (non-hydrogen) atoms. The molecule has 3 heterocycles. The molecule has 0 atom stereocenters. The van der Waals surface area contributed by atoms with Crippen LogP contribution in [0.4, 0.5) is 0 Å².